The maximum Gasteiger partial charge on any atom is 0.326 e. The molecule has 5 heteroatoms. The Bertz CT molecular complexity index is 515. The third kappa shape index (κ3) is 4.00. The van der Waals surface area contributed by atoms with Crippen LogP contribution >= 0.6 is 11.8 Å². The maximum absolute atomic E-state index is 12.2. The highest BCUT2D eigenvalue weighted by atomic mass is 32.2. The van der Waals surface area contributed by atoms with Crippen molar-refractivity contribution >= 4 is 23.6 Å². The van der Waals surface area contributed by atoms with Crippen LogP contribution in [-0.2, 0) is 9.59 Å². The Morgan fingerprint density at radius 1 is 1.33 bits per heavy atom. The van der Waals surface area contributed by atoms with Gasteiger partial charge in [-0.25, -0.2) is 4.79 Å². The number of aryl methyl sites for hydroxylation is 1. The van der Waals surface area contributed by atoms with Crippen molar-refractivity contribution in [1.82, 2.24) is 4.90 Å². The van der Waals surface area contributed by atoms with Crippen molar-refractivity contribution in [3.8, 4) is 0 Å². The summed E-state index contributed by atoms with van der Waals surface area (Å²) >= 11 is 1.63. The van der Waals surface area contributed by atoms with E-state index in [1.165, 1.54) is 10.5 Å². The van der Waals surface area contributed by atoms with Gasteiger partial charge in [-0.3, -0.25) is 4.79 Å². The Balaban J connectivity index is 1.84. The number of carboxylic acids is 1. The van der Waals surface area contributed by atoms with Crippen LogP contribution in [0.4, 0.5) is 0 Å². The Morgan fingerprint density at radius 2 is 2.00 bits per heavy atom. The molecule has 21 heavy (non-hydrogen) atoms. The first-order chi connectivity index (χ1) is 9.99. The van der Waals surface area contributed by atoms with Crippen LogP contribution in [0, 0.1) is 12.8 Å². The summed E-state index contributed by atoms with van der Waals surface area (Å²) in [5.41, 5.74) is 1.21. The van der Waals surface area contributed by atoms with Crippen LogP contribution in [0.2, 0.25) is 0 Å². The smallest absolute Gasteiger partial charge is 0.326 e. The average Bonchev–Trinajstić information content (AvgIpc) is 2.83. The lowest BCUT2D eigenvalue weighted by Crippen LogP contribution is -2.42. The second kappa shape index (κ2) is 6.98. The first-order valence-electron chi connectivity index (χ1n) is 7.21. The minimum absolute atomic E-state index is 0.0381. The van der Waals surface area contributed by atoms with Crippen LogP contribution in [0.5, 0.6) is 0 Å². The largest absolute Gasteiger partial charge is 0.480 e. The third-order valence-electron chi connectivity index (χ3n) is 3.88. The summed E-state index contributed by atoms with van der Waals surface area (Å²) in [6.45, 7) is 4.50. The van der Waals surface area contributed by atoms with Crippen molar-refractivity contribution in [3.63, 3.8) is 0 Å². The van der Waals surface area contributed by atoms with Crippen LogP contribution in [-0.4, -0.2) is 40.2 Å². The van der Waals surface area contributed by atoms with E-state index in [1.807, 2.05) is 38.1 Å². The number of rotatable bonds is 5. The van der Waals surface area contributed by atoms with Gasteiger partial charge in [0.2, 0.25) is 5.91 Å². The highest BCUT2D eigenvalue weighted by Crippen LogP contribution is 2.26. The Labute approximate surface area is 129 Å². The number of benzene rings is 1. The molecule has 2 rings (SSSR count). The van der Waals surface area contributed by atoms with Gasteiger partial charge in [0, 0.05) is 23.6 Å². The molecule has 0 aromatic heterocycles. The third-order valence-corrected chi connectivity index (χ3v) is 4.89. The molecule has 0 spiro atoms. The fraction of sp³-hybridized carbons (Fsp3) is 0.500. The van der Waals surface area contributed by atoms with E-state index in [4.69, 9.17) is 0 Å². The molecule has 1 heterocycles. The fourth-order valence-electron chi connectivity index (χ4n) is 2.64. The number of amides is 1. The van der Waals surface area contributed by atoms with Gasteiger partial charge in [-0.05, 0) is 31.4 Å². The molecule has 1 fully saturated rings. The molecule has 1 aliphatic rings. The molecular formula is C16H21NO3S. The van der Waals surface area contributed by atoms with E-state index in [1.54, 1.807) is 11.8 Å². The monoisotopic (exact) mass is 307 g/mol. The Hall–Kier alpha value is -1.49. The quantitative estimate of drug-likeness (QED) is 0.850. The number of carbonyl (C=O) groups excluding carboxylic acids is 1. The van der Waals surface area contributed by atoms with Gasteiger partial charge in [-0.15, -0.1) is 11.8 Å². The van der Waals surface area contributed by atoms with Crippen LogP contribution in [0.25, 0.3) is 0 Å². The zero-order valence-electron chi connectivity index (χ0n) is 12.4. The van der Waals surface area contributed by atoms with Crippen LogP contribution < -0.4 is 0 Å². The van der Waals surface area contributed by atoms with Crippen LogP contribution in [0.15, 0.2) is 29.2 Å². The summed E-state index contributed by atoms with van der Waals surface area (Å²) in [6.07, 6.45) is 1.16. The fourth-order valence-corrected chi connectivity index (χ4v) is 3.48. The molecule has 0 saturated carbocycles. The van der Waals surface area contributed by atoms with Crippen molar-refractivity contribution in [1.29, 1.82) is 0 Å². The lowest BCUT2D eigenvalue weighted by molar-refractivity contribution is -0.149. The molecule has 0 bridgehead atoms. The predicted octanol–water partition coefficient (Wildman–Crippen LogP) is 2.80. The zero-order valence-corrected chi connectivity index (χ0v) is 13.2. The second-order valence-corrected chi connectivity index (χ2v) is 6.72. The van der Waals surface area contributed by atoms with E-state index in [0.29, 0.717) is 18.7 Å². The van der Waals surface area contributed by atoms with Crippen LogP contribution in [0.3, 0.4) is 0 Å². The maximum atomic E-state index is 12.2. The van der Waals surface area contributed by atoms with Crippen molar-refractivity contribution in [2.24, 2.45) is 5.92 Å². The molecule has 0 radical (unpaired) electrons. The van der Waals surface area contributed by atoms with Gasteiger partial charge < -0.3 is 10.0 Å². The van der Waals surface area contributed by atoms with Gasteiger partial charge in [0.15, 0.2) is 0 Å². The molecule has 1 saturated heterocycles. The molecule has 1 aromatic carbocycles. The van der Waals surface area contributed by atoms with Gasteiger partial charge in [0.25, 0.3) is 0 Å². The summed E-state index contributed by atoms with van der Waals surface area (Å²) < 4.78 is 0. The second-order valence-electron chi connectivity index (χ2n) is 5.55. The van der Waals surface area contributed by atoms with E-state index >= 15 is 0 Å². The predicted molar refractivity (Wildman–Crippen MR) is 83.4 cm³/mol. The van der Waals surface area contributed by atoms with Gasteiger partial charge >= 0.3 is 5.97 Å². The SMILES string of the molecule is Cc1ccc(SCCC(=O)N2CCC(C)C2C(=O)O)cc1. The Kier molecular flexibility index (Phi) is 5.28. The zero-order chi connectivity index (χ0) is 15.4. The summed E-state index contributed by atoms with van der Waals surface area (Å²) in [5.74, 6) is -0.221. The highest BCUT2D eigenvalue weighted by Gasteiger charge is 2.38. The van der Waals surface area contributed by atoms with Crippen molar-refractivity contribution in [2.45, 2.75) is 37.6 Å². The summed E-state index contributed by atoms with van der Waals surface area (Å²) in [4.78, 5) is 26.1. The lowest BCUT2D eigenvalue weighted by Gasteiger charge is -2.23. The number of carbonyl (C=O) groups is 2. The van der Waals surface area contributed by atoms with E-state index in [2.05, 4.69) is 0 Å². The molecule has 1 N–H and O–H groups in total. The lowest BCUT2D eigenvalue weighted by atomic mass is 10.0. The molecule has 4 nitrogen and oxygen atoms in total. The van der Waals surface area contributed by atoms with E-state index in [-0.39, 0.29) is 11.8 Å². The number of aliphatic carboxylic acids is 1. The first kappa shape index (κ1) is 15.9. The van der Waals surface area contributed by atoms with Crippen molar-refractivity contribution in [3.05, 3.63) is 29.8 Å². The molecule has 2 unspecified atom stereocenters. The van der Waals surface area contributed by atoms with Gasteiger partial charge in [-0.1, -0.05) is 24.6 Å². The minimum atomic E-state index is -0.889. The molecule has 114 valence electrons. The van der Waals surface area contributed by atoms with E-state index in [9.17, 15) is 14.7 Å². The van der Waals surface area contributed by atoms with Crippen LogP contribution in [0.1, 0.15) is 25.3 Å². The standard InChI is InChI=1S/C16H21NO3S/c1-11-3-5-13(6-4-11)21-10-8-14(18)17-9-7-12(2)15(17)16(19)20/h3-6,12,15H,7-10H2,1-2H3,(H,19,20). The number of carboxylic acid groups (broad SMARTS) is 1. The number of thioether (sulfide) groups is 1. The summed E-state index contributed by atoms with van der Waals surface area (Å²) in [7, 11) is 0. The highest BCUT2D eigenvalue weighted by molar-refractivity contribution is 7.99. The topological polar surface area (TPSA) is 57.6 Å². The van der Waals surface area contributed by atoms with Gasteiger partial charge in [0.05, 0.1) is 0 Å². The molecule has 1 aliphatic heterocycles. The van der Waals surface area contributed by atoms with E-state index < -0.39 is 12.0 Å². The molecular weight excluding hydrogens is 286 g/mol. The number of hydrogen-bond donors (Lipinski definition) is 1. The molecule has 1 amide bonds. The van der Waals surface area contributed by atoms with Gasteiger partial charge in [0.1, 0.15) is 6.04 Å². The molecule has 0 aliphatic carbocycles. The normalized spacial score (nSPS) is 21.5. The summed E-state index contributed by atoms with van der Waals surface area (Å²) in [5, 5.41) is 9.23. The summed E-state index contributed by atoms with van der Waals surface area (Å²) in [6, 6.07) is 7.53. The average molecular weight is 307 g/mol. The van der Waals surface area contributed by atoms with Crippen molar-refractivity contribution < 1.29 is 14.7 Å². The number of likely N-dealkylation sites (tertiary alicyclic amines) is 1. The van der Waals surface area contributed by atoms with Crippen molar-refractivity contribution in [2.75, 3.05) is 12.3 Å². The molecule has 1 aromatic rings. The minimum Gasteiger partial charge on any atom is -0.480 e. The first-order valence-corrected chi connectivity index (χ1v) is 8.19. The Morgan fingerprint density at radius 3 is 2.62 bits per heavy atom. The number of hydrogen-bond acceptors (Lipinski definition) is 3. The number of nitrogens with zero attached hydrogens (tertiary/aromatic N) is 1. The van der Waals surface area contributed by atoms with Gasteiger partial charge in [-0.2, -0.15) is 0 Å². The molecule has 2 atom stereocenters. The van der Waals surface area contributed by atoms with E-state index in [0.717, 1.165) is 11.3 Å².